The van der Waals surface area contributed by atoms with Crippen LogP contribution in [0.15, 0.2) is 41.1 Å². The van der Waals surface area contributed by atoms with E-state index < -0.39 is 21.5 Å². The molecule has 22 heavy (non-hydrogen) atoms. The van der Waals surface area contributed by atoms with Crippen molar-refractivity contribution in [3.8, 4) is 0 Å². The standard InChI is InChI=1S/C14H9Cl4NO3/c1-7-6-10(20)14(17,18)12(16)11(7)19-22-13(21)8-2-4-9(15)5-3-8/h2-6,12H,1H3/b19-11-. The number of benzene rings is 1. The third kappa shape index (κ3) is 3.46. The first kappa shape index (κ1) is 17.3. The molecule has 0 saturated heterocycles. The molecule has 0 fully saturated rings. The van der Waals surface area contributed by atoms with Gasteiger partial charge in [-0.15, -0.1) is 11.6 Å². The minimum Gasteiger partial charge on any atom is -0.312 e. The number of allylic oxidation sites excluding steroid dienone is 2. The molecule has 1 aliphatic carbocycles. The first-order valence-corrected chi connectivity index (χ1v) is 7.60. The van der Waals surface area contributed by atoms with Crippen LogP contribution in [-0.2, 0) is 9.63 Å². The first-order chi connectivity index (χ1) is 10.2. The van der Waals surface area contributed by atoms with Crippen LogP contribution in [-0.4, -0.2) is 27.2 Å². The van der Waals surface area contributed by atoms with Gasteiger partial charge in [-0.1, -0.05) is 40.0 Å². The number of nitrogens with zero attached hydrogens (tertiary/aromatic N) is 1. The lowest BCUT2D eigenvalue weighted by Crippen LogP contribution is -2.44. The third-order valence-electron chi connectivity index (χ3n) is 2.95. The summed E-state index contributed by atoms with van der Waals surface area (Å²) in [5.41, 5.74) is 0.802. The number of carbonyl (C=O) groups excluding carboxylic acids is 2. The van der Waals surface area contributed by atoms with E-state index >= 15 is 0 Å². The Kier molecular flexibility index (Phi) is 5.17. The van der Waals surface area contributed by atoms with Crippen LogP contribution in [0.3, 0.4) is 0 Å². The highest BCUT2D eigenvalue weighted by atomic mass is 35.5. The number of ketones is 1. The Hall–Kier alpha value is -1.07. The summed E-state index contributed by atoms with van der Waals surface area (Å²) in [4.78, 5) is 28.4. The Morgan fingerprint density at radius 1 is 1.27 bits per heavy atom. The SMILES string of the molecule is CC1=CC(=O)C(Cl)(Cl)C(Cl)/C1=N\OC(=O)c1ccc(Cl)cc1. The molecule has 4 nitrogen and oxygen atoms in total. The van der Waals surface area contributed by atoms with Gasteiger partial charge < -0.3 is 4.84 Å². The normalized spacial score (nSPS) is 22.4. The number of hydrogen-bond donors (Lipinski definition) is 0. The molecule has 8 heteroatoms. The van der Waals surface area contributed by atoms with Crippen LogP contribution in [0, 0.1) is 0 Å². The van der Waals surface area contributed by atoms with Crippen molar-refractivity contribution >= 4 is 63.9 Å². The molecular weight excluding hydrogens is 372 g/mol. The van der Waals surface area contributed by atoms with Crippen molar-refractivity contribution in [2.45, 2.75) is 16.6 Å². The van der Waals surface area contributed by atoms with Crippen molar-refractivity contribution in [1.82, 2.24) is 0 Å². The van der Waals surface area contributed by atoms with Gasteiger partial charge in [0.05, 0.1) is 5.56 Å². The molecule has 0 bridgehead atoms. The van der Waals surface area contributed by atoms with Crippen molar-refractivity contribution in [2.75, 3.05) is 0 Å². The highest BCUT2D eigenvalue weighted by Crippen LogP contribution is 2.37. The second-order valence-electron chi connectivity index (χ2n) is 4.54. The summed E-state index contributed by atoms with van der Waals surface area (Å²) in [5, 5.41) is 3.04. The molecule has 2 rings (SSSR count). The highest BCUT2D eigenvalue weighted by molar-refractivity contribution is 6.66. The van der Waals surface area contributed by atoms with Crippen molar-refractivity contribution in [2.24, 2.45) is 5.16 Å². The molecular formula is C14H9Cl4NO3. The lowest BCUT2D eigenvalue weighted by Gasteiger charge is -2.27. The summed E-state index contributed by atoms with van der Waals surface area (Å²) in [6.45, 7) is 1.59. The molecule has 0 saturated carbocycles. The van der Waals surface area contributed by atoms with Gasteiger partial charge in [0.2, 0.25) is 4.33 Å². The summed E-state index contributed by atoms with van der Waals surface area (Å²) in [6.07, 6.45) is 1.20. The minimum absolute atomic E-state index is 0.119. The van der Waals surface area contributed by atoms with E-state index in [0.29, 0.717) is 10.6 Å². The summed E-state index contributed by atoms with van der Waals surface area (Å²) >= 11 is 23.6. The molecule has 0 radical (unpaired) electrons. The molecule has 1 aliphatic rings. The fraction of sp³-hybridized carbons (Fsp3) is 0.214. The van der Waals surface area contributed by atoms with Gasteiger partial charge in [0, 0.05) is 5.02 Å². The van der Waals surface area contributed by atoms with Gasteiger partial charge in [-0.3, -0.25) is 4.79 Å². The predicted molar refractivity (Wildman–Crippen MR) is 87.1 cm³/mol. The van der Waals surface area contributed by atoms with E-state index in [9.17, 15) is 9.59 Å². The largest absolute Gasteiger partial charge is 0.365 e. The van der Waals surface area contributed by atoms with Crippen molar-refractivity contribution in [3.05, 3.63) is 46.5 Å². The smallest absolute Gasteiger partial charge is 0.312 e. The average Bonchev–Trinajstić information content (AvgIpc) is 2.46. The maximum absolute atomic E-state index is 11.9. The molecule has 1 unspecified atom stereocenters. The van der Waals surface area contributed by atoms with Gasteiger partial charge in [-0.2, -0.15) is 0 Å². The van der Waals surface area contributed by atoms with Crippen LogP contribution in [0.5, 0.6) is 0 Å². The molecule has 1 atom stereocenters. The lowest BCUT2D eigenvalue weighted by molar-refractivity contribution is -0.115. The van der Waals surface area contributed by atoms with Crippen LogP contribution in [0.4, 0.5) is 0 Å². The summed E-state index contributed by atoms with van der Waals surface area (Å²) in [5.74, 6) is -1.25. The fourth-order valence-electron chi connectivity index (χ4n) is 1.71. The fourth-order valence-corrected chi connectivity index (χ4v) is 2.47. The maximum Gasteiger partial charge on any atom is 0.365 e. The second kappa shape index (κ2) is 6.59. The van der Waals surface area contributed by atoms with Crippen LogP contribution >= 0.6 is 46.4 Å². The Morgan fingerprint density at radius 2 is 1.86 bits per heavy atom. The van der Waals surface area contributed by atoms with E-state index in [1.165, 1.54) is 18.2 Å². The molecule has 0 heterocycles. The molecule has 0 spiro atoms. The molecule has 0 amide bonds. The van der Waals surface area contributed by atoms with E-state index in [-0.39, 0.29) is 11.3 Å². The van der Waals surface area contributed by atoms with E-state index in [2.05, 4.69) is 5.16 Å². The average molecular weight is 381 g/mol. The first-order valence-electron chi connectivity index (χ1n) is 6.03. The Balaban J connectivity index is 2.22. The number of alkyl halides is 3. The zero-order valence-corrected chi connectivity index (χ0v) is 14.2. The number of halogens is 4. The quantitative estimate of drug-likeness (QED) is 0.439. The summed E-state index contributed by atoms with van der Waals surface area (Å²) in [6, 6.07) is 6.07. The number of oxime groups is 1. The van der Waals surface area contributed by atoms with Gasteiger partial charge in [-0.05, 0) is 42.8 Å². The predicted octanol–water partition coefficient (Wildman–Crippen LogP) is 4.16. The van der Waals surface area contributed by atoms with E-state index in [4.69, 9.17) is 51.2 Å². The molecule has 116 valence electrons. The van der Waals surface area contributed by atoms with Gasteiger partial charge in [0.15, 0.2) is 5.78 Å². The van der Waals surface area contributed by atoms with Crippen LogP contribution in [0.1, 0.15) is 17.3 Å². The Morgan fingerprint density at radius 3 is 2.45 bits per heavy atom. The molecule has 1 aromatic carbocycles. The van der Waals surface area contributed by atoms with E-state index in [1.807, 2.05) is 0 Å². The number of rotatable bonds is 2. The van der Waals surface area contributed by atoms with Gasteiger partial charge >= 0.3 is 5.97 Å². The maximum atomic E-state index is 11.9. The van der Waals surface area contributed by atoms with Gasteiger partial charge in [0.25, 0.3) is 0 Å². The molecule has 0 aromatic heterocycles. The van der Waals surface area contributed by atoms with E-state index in [0.717, 1.165) is 0 Å². The minimum atomic E-state index is -1.85. The van der Waals surface area contributed by atoms with Gasteiger partial charge in [0.1, 0.15) is 11.1 Å². The van der Waals surface area contributed by atoms with Crippen molar-refractivity contribution in [1.29, 1.82) is 0 Å². The zero-order chi connectivity index (χ0) is 16.5. The Labute approximate surface area is 146 Å². The number of hydrogen-bond acceptors (Lipinski definition) is 4. The van der Waals surface area contributed by atoms with E-state index in [1.54, 1.807) is 19.1 Å². The third-order valence-corrected chi connectivity index (χ3v) is 4.76. The van der Waals surface area contributed by atoms with Crippen LogP contribution < -0.4 is 0 Å². The number of carbonyl (C=O) groups is 2. The summed E-state index contributed by atoms with van der Waals surface area (Å²) in [7, 11) is 0. The Bertz CT molecular complexity index is 680. The van der Waals surface area contributed by atoms with Gasteiger partial charge in [-0.25, -0.2) is 4.79 Å². The zero-order valence-electron chi connectivity index (χ0n) is 11.1. The van der Waals surface area contributed by atoms with Crippen molar-refractivity contribution < 1.29 is 14.4 Å². The highest BCUT2D eigenvalue weighted by Gasteiger charge is 2.47. The topological polar surface area (TPSA) is 55.7 Å². The van der Waals surface area contributed by atoms with Crippen LogP contribution in [0.2, 0.25) is 5.02 Å². The molecule has 0 aliphatic heterocycles. The lowest BCUT2D eigenvalue weighted by atomic mass is 9.96. The van der Waals surface area contributed by atoms with Crippen LogP contribution in [0.25, 0.3) is 0 Å². The molecule has 1 aromatic rings. The summed E-state index contributed by atoms with van der Waals surface area (Å²) < 4.78 is -1.85. The monoisotopic (exact) mass is 379 g/mol. The molecule has 0 N–H and O–H groups in total. The second-order valence-corrected chi connectivity index (χ2v) is 6.80. The van der Waals surface area contributed by atoms with Crippen molar-refractivity contribution in [3.63, 3.8) is 0 Å².